The Kier molecular flexibility index (Phi) is 6.59. The van der Waals surface area contributed by atoms with Gasteiger partial charge in [-0.3, -0.25) is 9.71 Å². The van der Waals surface area contributed by atoms with Gasteiger partial charge in [0.1, 0.15) is 11.6 Å². The smallest absolute Gasteiger partial charge is 0.229 e. The number of hydrogen-bond acceptors (Lipinski definition) is 5. The number of benzene rings is 2. The van der Waals surface area contributed by atoms with Crippen LogP contribution < -0.4 is 4.72 Å². The number of allylic oxidation sites excluding steroid dienone is 1. The van der Waals surface area contributed by atoms with Crippen LogP contribution in [0.25, 0.3) is 0 Å². The van der Waals surface area contributed by atoms with E-state index in [4.69, 9.17) is 4.99 Å². The molecule has 0 radical (unpaired) electrons. The fraction of sp³-hybridized carbons (Fsp3) is 0.400. The number of phenolic OH excluding ortho intramolecular Hbond substituents is 1. The number of nitrogens with zero attached hydrogens (tertiary/aromatic N) is 1. The van der Waals surface area contributed by atoms with E-state index in [9.17, 15) is 23.0 Å². The van der Waals surface area contributed by atoms with Gasteiger partial charge in [-0.15, -0.1) is 0 Å². The van der Waals surface area contributed by atoms with Crippen molar-refractivity contribution >= 4 is 21.9 Å². The lowest BCUT2D eigenvalue weighted by molar-refractivity contribution is 0.0975. The molecule has 0 saturated heterocycles. The summed E-state index contributed by atoms with van der Waals surface area (Å²) in [5.74, 6) is -0.816. The van der Waals surface area contributed by atoms with Gasteiger partial charge in [-0.05, 0) is 66.6 Å². The topological polar surface area (TPSA) is 99.0 Å². The van der Waals surface area contributed by atoms with Gasteiger partial charge in [-0.1, -0.05) is 37.1 Å². The van der Waals surface area contributed by atoms with Gasteiger partial charge in [-0.25, -0.2) is 12.8 Å². The molecule has 1 fully saturated rings. The molecule has 8 heteroatoms. The Labute approximate surface area is 193 Å². The average molecular weight is 473 g/mol. The third kappa shape index (κ3) is 5.12. The first-order valence-electron chi connectivity index (χ1n) is 11.1. The van der Waals surface area contributed by atoms with Crippen LogP contribution in [-0.4, -0.2) is 42.7 Å². The Morgan fingerprint density at radius 3 is 2.48 bits per heavy atom. The van der Waals surface area contributed by atoms with Crippen LogP contribution >= 0.6 is 0 Å². The van der Waals surface area contributed by atoms with Gasteiger partial charge in [0.25, 0.3) is 0 Å². The second kappa shape index (κ2) is 9.27. The summed E-state index contributed by atoms with van der Waals surface area (Å²) in [6.45, 7) is 0. The number of rotatable bonds is 8. The first-order valence-corrected chi connectivity index (χ1v) is 13.0. The molecule has 0 aromatic heterocycles. The summed E-state index contributed by atoms with van der Waals surface area (Å²) in [5, 5.41) is 21.8. The highest BCUT2D eigenvalue weighted by atomic mass is 32.2. The normalized spacial score (nSPS) is 22.5. The first kappa shape index (κ1) is 23.4. The monoisotopic (exact) mass is 472 g/mol. The molecule has 33 heavy (non-hydrogen) atoms. The van der Waals surface area contributed by atoms with Gasteiger partial charge in [0.05, 0.1) is 23.6 Å². The third-order valence-corrected chi connectivity index (χ3v) is 7.26. The second-order valence-corrected chi connectivity index (χ2v) is 10.8. The zero-order valence-electron chi connectivity index (χ0n) is 18.5. The van der Waals surface area contributed by atoms with Crippen molar-refractivity contribution in [3.05, 3.63) is 71.6 Å². The minimum absolute atomic E-state index is 0.0570. The minimum atomic E-state index is -3.62. The number of aliphatic imine (C=N–C) groups is 1. The molecular weight excluding hydrogens is 443 g/mol. The molecule has 3 atom stereocenters. The SMILES string of the molecule is CS(=O)(=O)Nc1cc(C(C(O)Cc2ccc(F)cc2)C2(C3CCCC3)C=CC=N2)ccc1O. The Balaban J connectivity index is 1.79. The summed E-state index contributed by atoms with van der Waals surface area (Å²) in [6, 6.07) is 10.8. The fourth-order valence-corrected chi connectivity index (χ4v) is 5.85. The lowest BCUT2D eigenvalue weighted by Crippen LogP contribution is -2.44. The highest BCUT2D eigenvalue weighted by Gasteiger charge is 2.48. The van der Waals surface area contributed by atoms with Crippen molar-refractivity contribution in [3.8, 4) is 5.75 Å². The van der Waals surface area contributed by atoms with Gasteiger partial charge in [-0.2, -0.15) is 0 Å². The van der Waals surface area contributed by atoms with E-state index in [-0.39, 0.29) is 29.6 Å². The number of phenols is 1. The van der Waals surface area contributed by atoms with Crippen LogP contribution in [0.3, 0.4) is 0 Å². The van der Waals surface area contributed by atoms with Crippen molar-refractivity contribution in [2.24, 2.45) is 10.9 Å². The maximum atomic E-state index is 13.4. The van der Waals surface area contributed by atoms with Crippen LogP contribution in [0.5, 0.6) is 5.75 Å². The molecule has 2 aromatic rings. The van der Waals surface area contributed by atoms with Gasteiger partial charge in [0, 0.05) is 12.1 Å². The largest absolute Gasteiger partial charge is 0.506 e. The molecule has 3 unspecified atom stereocenters. The van der Waals surface area contributed by atoms with Gasteiger partial charge >= 0.3 is 0 Å². The summed E-state index contributed by atoms with van der Waals surface area (Å²) in [7, 11) is -3.62. The highest BCUT2D eigenvalue weighted by molar-refractivity contribution is 7.92. The highest BCUT2D eigenvalue weighted by Crippen LogP contribution is 2.50. The van der Waals surface area contributed by atoms with Crippen LogP contribution in [0.2, 0.25) is 0 Å². The second-order valence-electron chi connectivity index (χ2n) is 9.03. The lowest BCUT2D eigenvalue weighted by Gasteiger charge is -2.41. The third-order valence-electron chi connectivity index (χ3n) is 6.67. The van der Waals surface area contributed by atoms with Crippen LogP contribution in [0.15, 0.2) is 59.6 Å². The molecule has 6 nitrogen and oxygen atoms in total. The van der Waals surface area contributed by atoms with E-state index in [0.29, 0.717) is 5.56 Å². The zero-order chi connectivity index (χ0) is 23.6. The van der Waals surface area contributed by atoms with E-state index < -0.39 is 27.6 Å². The summed E-state index contributed by atoms with van der Waals surface area (Å²) in [6.07, 6.45) is 10.2. The molecular formula is C25H29FN2O4S. The summed E-state index contributed by atoms with van der Waals surface area (Å²) in [4.78, 5) is 4.87. The maximum Gasteiger partial charge on any atom is 0.229 e. The number of anilines is 1. The van der Waals surface area contributed by atoms with Crippen molar-refractivity contribution < 1.29 is 23.0 Å². The van der Waals surface area contributed by atoms with Crippen molar-refractivity contribution in [1.29, 1.82) is 0 Å². The number of aliphatic hydroxyl groups excluding tert-OH is 1. The molecule has 1 aliphatic carbocycles. The molecule has 1 saturated carbocycles. The first-order chi connectivity index (χ1) is 15.7. The molecule has 2 aliphatic rings. The molecule has 2 aromatic carbocycles. The number of aliphatic hydroxyl groups is 1. The Morgan fingerprint density at radius 1 is 1.18 bits per heavy atom. The molecule has 176 valence electrons. The zero-order valence-corrected chi connectivity index (χ0v) is 19.3. The average Bonchev–Trinajstić information content (AvgIpc) is 3.44. The predicted molar refractivity (Wildman–Crippen MR) is 128 cm³/mol. The number of hydrogen-bond donors (Lipinski definition) is 3. The molecule has 0 bridgehead atoms. The predicted octanol–water partition coefficient (Wildman–Crippen LogP) is 4.16. The van der Waals surface area contributed by atoms with E-state index in [1.807, 2.05) is 12.2 Å². The quantitative estimate of drug-likeness (QED) is 0.503. The van der Waals surface area contributed by atoms with Crippen LogP contribution in [0.1, 0.15) is 42.7 Å². The molecule has 0 spiro atoms. The van der Waals surface area contributed by atoms with Crippen LogP contribution in [0.4, 0.5) is 10.1 Å². The number of sulfonamides is 1. The summed E-state index contributed by atoms with van der Waals surface area (Å²) >= 11 is 0. The Morgan fingerprint density at radius 2 is 1.88 bits per heavy atom. The van der Waals surface area contributed by atoms with Crippen molar-refractivity contribution in [2.45, 2.75) is 49.7 Å². The van der Waals surface area contributed by atoms with E-state index in [1.165, 1.54) is 18.2 Å². The van der Waals surface area contributed by atoms with Gasteiger partial charge in [0.15, 0.2) is 0 Å². The number of aromatic hydroxyl groups is 1. The van der Waals surface area contributed by atoms with Crippen LogP contribution in [-0.2, 0) is 16.4 Å². The van der Waals surface area contributed by atoms with Crippen LogP contribution in [0, 0.1) is 11.7 Å². The van der Waals surface area contributed by atoms with Gasteiger partial charge in [0.2, 0.25) is 10.0 Å². The minimum Gasteiger partial charge on any atom is -0.506 e. The number of nitrogens with one attached hydrogen (secondary N) is 1. The Hall–Kier alpha value is -2.71. The van der Waals surface area contributed by atoms with Gasteiger partial charge < -0.3 is 10.2 Å². The summed E-state index contributed by atoms with van der Waals surface area (Å²) in [5.41, 5.74) is 0.829. The molecule has 4 rings (SSSR count). The van der Waals surface area contributed by atoms with Crippen molar-refractivity contribution in [2.75, 3.05) is 11.0 Å². The van der Waals surface area contributed by atoms with E-state index in [0.717, 1.165) is 37.5 Å². The van der Waals surface area contributed by atoms with Crippen molar-refractivity contribution in [3.63, 3.8) is 0 Å². The standard InChI is InChI=1S/C25H29FN2O4S/c1-33(31,32)28-21-16-18(9-12-22(21)29)24(23(30)15-17-7-10-20(26)11-8-17)25(13-4-14-27-25)19-5-2-3-6-19/h4,7-14,16,19,23-24,28-30H,2-3,5-6,15H2,1H3. The van der Waals surface area contributed by atoms with E-state index in [1.54, 1.807) is 30.5 Å². The van der Waals surface area contributed by atoms with Crippen molar-refractivity contribution in [1.82, 2.24) is 0 Å². The van der Waals surface area contributed by atoms with E-state index >= 15 is 0 Å². The summed E-state index contributed by atoms with van der Waals surface area (Å²) < 4.78 is 39.4. The molecule has 1 heterocycles. The Bertz CT molecular complexity index is 1140. The molecule has 3 N–H and O–H groups in total. The molecule has 0 amide bonds. The number of halogens is 1. The maximum absolute atomic E-state index is 13.4. The molecule has 1 aliphatic heterocycles. The fourth-order valence-electron chi connectivity index (χ4n) is 5.29. The lowest BCUT2D eigenvalue weighted by atomic mass is 9.67. The van der Waals surface area contributed by atoms with E-state index in [2.05, 4.69) is 4.72 Å².